The molecule has 2 aromatic rings. The first-order valence-electron chi connectivity index (χ1n) is 8.19. The van der Waals surface area contributed by atoms with Crippen molar-refractivity contribution >= 4 is 29.1 Å². The van der Waals surface area contributed by atoms with Gasteiger partial charge in [0.2, 0.25) is 0 Å². The van der Waals surface area contributed by atoms with Crippen molar-refractivity contribution in [2.45, 2.75) is 19.9 Å². The molecule has 8 heteroatoms. The molecule has 7 nitrogen and oxygen atoms in total. The molecule has 1 N–H and O–H groups in total. The maximum Gasteiger partial charge on any atom is 0.261 e. The van der Waals surface area contributed by atoms with Crippen LogP contribution in [-0.4, -0.2) is 47.9 Å². The van der Waals surface area contributed by atoms with Crippen LogP contribution in [0.4, 0.5) is 0 Å². The molecule has 0 bridgehead atoms. The van der Waals surface area contributed by atoms with Gasteiger partial charge in [0.15, 0.2) is 0 Å². The minimum atomic E-state index is -0.370. The number of nitrogens with one attached hydrogen (secondary N) is 1. The Bertz CT molecular complexity index is 862. The summed E-state index contributed by atoms with van der Waals surface area (Å²) >= 11 is 1.52. The van der Waals surface area contributed by atoms with Crippen molar-refractivity contribution in [2.75, 3.05) is 20.3 Å². The maximum atomic E-state index is 12.5. The highest BCUT2D eigenvalue weighted by molar-refractivity contribution is 7.09. The van der Waals surface area contributed by atoms with Crippen LogP contribution < -0.4 is 5.32 Å². The van der Waals surface area contributed by atoms with Gasteiger partial charge in [0.25, 0.3) is 17.7 Å². The van der Waals surface area contributed by atoms with E-state index in [1.165, 1.54) is 28.4 Å². The first kappa shape index (κ1) is 18.2. The van der Waals surface area contributed by atoms with Crippen LogP contribution in [0.25, 0.3) is 0 Å². The summed E-state index contributed by atoms with van der Waals surface area (Å²) in [5, 5.41) is 5.60. The summed E-state index contributed by atoms with van der Waals surface area (Å²) < 4.78 is 4.96. The Morgan fingerprint density at radius 2 is 2.04 bits per heavy atom. The largest absolute Gasteiger partial charge is 0.385 e. The van der Waals surface area contributed by atoms with Crippen molar-refractivity contribution in [3.63, 3.8) is 0 Å². The summed E-state index contributed by atoms with van der Waals surface area (Å²) in [6, 6.07) is 4.58. The third-order valence-corrected chi connectivity index (χ3v) is 4.88. The molecule has 0 saturated carbocycles. The number of rotatable bonds is 7. The topological polar surface area (TPSA) is 88.6 Å². The lowest BCUT2D eigenvalue weighted by molar-refractivity contribution is 0.0638. The van der Waals surface area contributed by atoms with Crippen LogP contribution in [0.2, 0.25) is 0 Å². The number of carbonyl (C=O) groups is 3. The van der Waals surface area contributed by atoms with Crippen LogP contribution >= 0.6 is 11.3 Å². The van der Waals surface area contributed by atoms with E-state index in [9.17, 15) is 14.4 Å². The van der Waals surface area contributed by atoms with Gasteiger partial charge in [-0.15, -0.1) is 11.3 Å². The van der Waals surface area contributed by atoms with Crippen LogP contribution in [0.5, 0.6) is 0 Å². The molecule has 0 unspecified atom stereocenters. The molecule has 26 heavy (non-hydrogen) atoms. The fourth-order valence-corrected chi connectivity index (χ4v) is 3.38. The van der Waals surface area contributed by atoms with Gasteiger partial charge in [0, 0.05) is 31.2 Å². The highest BCUT2D eigenvalue weighted by atomic mass is 32.1. The lowest BCUT2D eigenvalue weighted by atomic mass is 10.1. The average molecular weight is 373 g/mol. The molecule has 0 atom stereocenters. The molecule has 0 spiro atoms. The zero-order valence-electron chi connectivity index (χ0n) is 14.6. The van der Waals surface area contributed by atoms with E-state index in [0.717, 1.165) is 10.7 Å². The standard InChI is InChI=1S/C18H19N3O4S/c1-11-20-13(10-26-11)9-19-16(22)12-4-5-14-15(8-12)18(24)21(17(14)23)6-3-7-25-2/h4-5,8,10H,3,6-7,9H2,1-2H3,(H,19,22). The molecule has 3 amide bonds. The lowest BCUT2D eigenvalue weighted by Gasteiger charge is -2.12. The number of aromatic nitrogens is 1. The second kappa shape index (κ2) is 7.76. The van der Waals surface area contributed by atoms with Crippen molar-refractivity contribution in [1.82, 2.24) is 15.2 Å². The molecule has 1 aromatic carbocycles. The smallest absolute Gasteiger partial charge is 0.261 e. The Morgan fingerprint density at radius 1 is 1.27 bits per heavy atom. The zero-order chi connectivity index (χ0) is 18.7. The number of methoxy groups -OCH3 is 1. The molecular formula is C18H19N3O4S. The molecule has 0 fully saturated rings. The summed E-state index contributed by atoms with van der Waals surface area (Å²) in [6.45, 7) is 2.98. The number of fused-ring (bicyclic) bond motifs is 1. The van der Waals surface area contributed by atoms with E-state index in [1.807, 2.05) is 12.3 Å². The second-order valence-electron chi connectivity index (χ2n) is 5.91. The van der Waals surface area contributed by atoms with Gasteiger partial charge in [-0.05, 0) is 31.5 Å². The van der Waals surface area contributed by atoms with Crippen molar-refractivity contribution in [3.8, 4) is 0 Å². The van der Waals surface area contributed by atoms with Crippen LogP contribution in [0.1, 0.15) is 48.2 Å². The molecule has 3 rings (SSSR count). The number of aryl methyl sites for hydroxylation is 1. The number of hydrogen-bond donors (Lipinski definition) is 1. The Morgan fingerprint density at radius 3 is 2.73 bits per heavy atom. The van der Waals surface area contributed by atoms with Gasteiger partial charge < -0.3 is 10.1 Å². The number of thiazole rings is 1. The quantitative estimate of drug-likeness (QED) is 0.592. The summed E-state index contributed by atoms with van der Waals surface area (Å²) in [4.78, 5) is 42.7. The first-order chi connectivity index (χ1) is 12.5. The molecule has 1 aliphatic heterocycles. The summed E-state index contributed by atoms with van der Waals surface area (Å²) in [7, 11) is 1.57. The SMILES string of the molecule is COCCCN1C(=O)c2ccc(C(=O)NCc3csc(C)n3)cc2C1=O. The Balaban J connectivity index is 1.70. The minimum absolute atomic E-state index is 0.268. The molecular weight excluding hydrogens is 354 g/mol. The van der Waals surface area contributed by atoms with E-state index < -0.39 is 0 Å². The van der Waals surface area contributed by atoms with Crippen molar-refractivity contribution in [1.29, 1.82) is 0 Å². The fraction of sp³-hybridized carbons (Fsp3) is 0.333. The van der Waals surface area contributed by atoms with Crippen LogP contribution in [0, 0.1) is 6.92 Å². The molecule has 1 aromatic heterocycles. The van der Waals surface area contributed by atoms with Gasteiger partial charge in [-0.1, -0.05) is 0 Å². The molecule has 136 valence electrons. The third-order valence-electron chi connectivity index (χ3n) is 4.06. The van der Waals surface area contributed by atoms with E-state index in [0.29, 0.717) is 37.2 Å². The number of benzene rings is 1. The number of carbonyl (C=O) groups excluding carboxylic acids is 3. The number of amides is 3. The molecule has 0 aliphatic carbocycles. The first-order valence-corrected chi connectivity index (χ1v) is 9.07. The molecule has 0 radical (unpaired) electrons. The van der Waals surface area contributed by atoms with Crippen molar-refractivity contribution < 1.29 is 19.1 Å². The van der Waals surface area contributed by atoms with Gasteiger partial charge in [-0.25, -0.2) is 4.98 Å². The summed E-state index contributed by atoms with van der Waals surface area (Å²) in [5.41, 5.74) is 1.73. The summed E-state index contributed by atoms with van der Waals surface area (Å²) in [5.74, 6) is -1.01. The minimum Gasteiger partial charge on any atom is -0.385 e. The third kappa shape index (κ3) is 3.66. The Hall–Kier alpha value is -2.58. The summed E-state index contributed by atoms with van der Waals surface area (Å²) in [6.07, 6.45) is 0.572. The molecule has 2 heterocycles. The zero-order valence-corrected chi connectivity index (χ0v) is 15.4. The van der Waals surface area contributed by atoms with E-state index in [4.69, 9.17) is 4.74 Å². The lowest BCUT2D eigenvalue weighted by Crippen LogP contribution is -2.31. The number of hydrogen-bond acceptors (Lipinski definition) is 6. The highest BCUT2D eigenvalue weighted by Gasteiger charge is 2.35. The van der Waals surface area contributed by atoms with Crippen LogP contribution in [-0.2, 0) is 11.3 Å². The van der Waals surface area contributed by atoms with Gasteiger partial charge >= 0.3 is 0 Å². The van der Waals surface area contributed by atoms with Gasteiger partial charge in [-0.3, -0.25) is 19.3 Å². The number of nitrogens with zero attached hydrogens (tertiary/aromatic N) is 2. The van der Waals surface area contributed by atoms with E-state index >= 15 is 0 Å². The van der Waals surface area contributed by atoms with Gasteiger partial charge in [0.05, 0.1) is 28.4 Å². The van der Waals surface area contributed by atoms with E-state index in [2.05, 4.69) is 10.3 Å². The van der Waals surface area contributed by atoms with Gasteiger partial charge in [0.1, 0.15) is 0 Å². The maximum absolute atomic E-state index is 12.5. The monoisotopic (exact) mass is 373 g/mol. The number of imide groups is 1. The predicted octanol–water partition coefficient (Wildman–Crippen LogP) is 2.01. The van der Waals surface area contributed by atoms with Crippen molar-refractivity contribution in [2.24, 2.45) is 0 Å². The number of ether oxygens (including phenoxy) is 1. The molecule has 1 aliphatic rings. The Kier molecular flexibility index (Phi) is 5.43. The van der Waals surface area contributed by atoms with E-state index in [-0.39, 0.29) is 23.3 Å². The fourth-order valence-electron chi connectivity index (χ4n) is 2.76. The highest BCUT2D eigenvalue weighted by Crippen LogP contribution is 2.24. The molecule has 0 saturated heterocycles. The predicted molar refractivity (Wildman–Crippen MR) is 96.3 cm³/mol. The second-order valence-corrected chi connectivity index (χ2v) is 6.97. The average Bonchev–Trinajstić information content (AvgIpc) is 3.16. The van der Waals surface area contributed by atoms with Crippen LogP contribution in [0.3, 0.4) is 0 Å². The van der Waals surface area contributed by atoms with E-state index in [1.54, 1.807) is 13.2 Å². The Labute approximate surface area is 155 Å². The van der Waals surface area contributed by atoms with Crippen molar-refractivity contribution in [3.05, 3.63) is 51.0 Å². The van der Waals surface area contributed by atoms with Gasteiger partial charge in [-0.2, -0.15) is 0 Å². The normalized spacial score (nSPS) is 13.2. The van der Waals surface area contributed by atoms with Crippen LogP contribution in [0.15, 0.2) is 23.6 Å².